The van der Waals surface area contributed by atoms with Gasteiger partial charge in [-0.3, -0.25) is 9.69 Å². The summed E-state index contributed by atoms with van der Waals surface area (Å²) in [6.07, 6.45) is 0. The first kappa shape index (κ1) is 27.1. The van der Waals surface area contributed by atoms with Gasteiger partial charge >= 0.3 is 0 Å². The average molecular weight is 560 g/mol. The van der Waals surface area contributed by atoms with Gasteiger partial charge in [0, 0.05) is 42.5 Å². The number of sulfonamides is 1. The van der Waals surface area contributed by atoms with E-state index in [2.05, 4.69) is 34.5 Å². The van der Waals surface area contributed by atoms with Gasteiger partial charge in [-0.05, 0) is 66.1 Å². The zero-order valence-electron chi connectivity index (χ0n) is 21.6. The number of nitrogens with one attached hydrogen (secondary N) is 1. The van der Waals surface area contributed by atoms with E-state index in [9.17, 15) is 13.2 Å². The van der Waals surface area contributed by atoms with E-state index in [1.54, 1.807) is 53.7 Å². The Kier molecular flexibility index (Phi) is 8.14. The van der Waals surface area contributed by atoms with E-state index in [1.165, 1.54) is 11.1 Å². The SMILES string of the molecule is Cc1cc(S(=O)(=O)N2CCN(C(c3ccccc3)c3ccccc3)CC2)ccc1NC(=O)c1ccc(Cl)cc1. The summed E-state index contributed by atoms with van der Waals surface area (Å²) in [7, 11) is -3.69. The summed E-state index contributed by atoms with van der Waals surface area (Å²) in [5, 5.41) is 3.41. The summed E-state index contributed by atoms with van der Waals surface area (Å²) in [5.41, 5.74) is 4.08. The van der Waals surface area contributed by atoms with E-state index in [4.69, 9.17) is 11.6 Å². The Labute approximate surface area is 234 Å². The molecule has 1 N–H and O–H groups in total. The van der Waals surface area contributed by atoms with Crippen LogP contribution in [0.1, 0.15) is 33.1 Å². The highest BCUT2D eigenvalue weighted by atomic mass is 35.5. The number of carbonyl (C=O) groups is 1. The van der Waals surface area contributed by atoms with Crippen LogP contribution in [-0.4, -0.2) is 49.7 Å². The highest BCUT2D eigenvalue weighted by molar-refractivity contribution is 7.89. The number of carbonyl (C=O) groups excluding carboxylic acids is 1. The predicted molar refractivity (Wildman–Crippen MR) is 156 cm³/mol. The molecule has 0 spiro atoms. The predicted octanol–water partition coefficient (Wildman–Crippen LogP) is 6.00. The Morgan fingerprint density at radius 2 is 1.36 bits per heavy atom. The number of rotatable bonds is 7. The molecule has 8 heteroatoms. The summed E-state index contributed by atoms with van der Waals surface area (Å²) in [6.45, 7) is 3.81. The number of amides is 1. The van der Waals surface area contributed by atoms with E-state index >= 15 is 0 Å². The highest BCUT2D eigenvalue weighted by Crippen LogP contribution is 2.31. The second kappa shape index (κ2) is 11.7. The molecule has 0 unspecified atom stereocenters. The van der Waals surface area contributed by atoms with E-state index in [0.717, 1.165) is 0 Å². The van der Waals surface area contributed by atoms with Crippen molar-refractivity contribution in [2.45, 2.75) is 17.9 Å². The lowest BCUT2D eigenvalue weighted by Gasteiger charge is -2.39. The van der Waals surface area contributed by atoms with Crippen LogP contribution in [0.4, 0.5) is 5.69 Å². The first-order chi connectivity index (χ1) is 18.8. The van der Waals surface area contributed by atoms with Crippen molar-refractivity contribution >= 4 is 33.2 Å². The van der Waals surface area contributed by atoms with Crippen LogP contribution in [0.5, 0.6) is 0 Å². The number of aryl methyl sites for hydroxylation is 1. The molecular weight excluding hydrogens is 530 g/mol. The molecule has 1 saturated heterocycles. The molecule has 0 atom stereocenters. The van der Waals surface area contributed by atoms with Crippen LogP contribution in [0, 0.1) is 6.92 Å². The molecule has 6 nitrogen and oxygen atoms in total. The quantitative estimate of drug-likeness (QED) is 0.302. The van der Waals surface area contributed by atoms with Crippen molar-refractivity contribution in [1.29, 1.82) is 0 Å². The standard InChI is InChI=1S/C31H30ClN3O3S/c1-23-22-28(16-17-29(23)33-31(36)26-12-14-27(32)15-13-26)39(37,38)35-20-18-34(19-21-35)30(24-8-4-2-5-9-24)25-10-6-3-7-11-25/h2-17,22,30H,18-21H2,1H3,(H,33,36). The fourth-order valence-electron chi connectivity index (χ4n) is 4.97. The lowest BCUT2D eigenvalue weighted by molar-refractivity contribution is 0.102. The van der Waals surface area contributed by atoms with Gasteiger partial charge in [0.25, 0.3) is 5.91 Å². The van der Waals surface area contributed by atoms with Crippen molar-refractivity contribution in [1.82, 2.24) is 9.21 Å². The zero-order chi connectivity index (χ0) is 27.4. The van der Waals surface area contributed by atoms with E-state index in [-0.39, 0.29) is 16.8 Å². The number of benzene rings is 4. The Balaban J connectivity index is 1.29. The molecule has 0 radical (unpaired) electrons. The summed E-state index contributed by atoms with van der Waals surface area (Å²) >= 11 is 5.91. The van der Waals surface area contributed by atoms with Crippen molar-refractivity contribution < 1.29 is 13.2 Å². The molecule has 0 saturated carbocycles. The zero-order valence-corrected chi connectivity index (χ0v) is 23.2. The largest absolute Gasteiger partial charge is 0.322 e. The molecule has 1 aliphatic rings. The minimum Gasteiger partial charge on any atom is -0.322 e. The van der Waals surface area contributed by atoms with Crippen molar-refractivity contribution in [3.05, 3.63) is 130 Å². The number of hydrogen-bond donors (Lipinski definition) is 1. The number of hydrogen-bond acceptors (Lipinski definition) is 4. The van der Waals surface area contributed by atoms with Crippen LogP contribution in [0.2, 0.25) is 5.02 Å². The van der Waals surface area contributed by atoms with Gasteiger partial charge in [-0.1, -0.05) is 72.3 Å². The number of nitrogens with zero attached hydrogens (tertiary/aromatic N) is 2. The van der Waals surface area contributed by atoms with E-state index in [0.29, 0.717) is 48.0 Å². The van der Waals surface area contributed by atoms with Crippen LogP contribution in [0.3, 0.4) is 0 Å². The van der Waals surface area contributed by atoms with Gasteiger partial charge in [0.15, 0.2) is 0 Å². The molecular formula is C31H30ClN3O3S. The Bertz CT molecular complexity index is 1500. The molecule has 5 rings (SSSR count). The third kappa shape index (κ3) is 6.07. The van der Waals surface area contributed by atoms with Gasteiger partial charge in [0.05, 0.1) is 10.9 Å². The molecule has 1 amide bonds. The summed E-state index contributed by atoms with van der Waals surface area (Å²) < 4.78 is 28.7. The highest BCUT2D eigenvalue weighted by Gasteiger charge is 2.32. The maximum absolute atomic E-state index is 13.6. The minimum atomic E-state index is -3.69. The minimum absolute atomic E-state index is 0.0584. The number of anilines is 1. The molecule has 1 heterocycles. The van der Waals surface area contributed by atoms with E-state index < -0.39 is 10.0 Å². The van der Waals surface area contributed by atoms with Crippen molar-refractivity contribution in [3.8, 4) is 0 Å². The van der Waals surface area contributed by atoms with Crippen LogP contribution < -0.4 is 5.32 Å². The maximum Gasteiger partial charge on any atom is 0.255 e. The van der Waals surface area contributed by atoms with Gasteiger partial charge < -0.3 is 5.32 Å². The molecule has 0 aromatic heterocycles. The third-order valence-electron chi connectivity index (χ3n) is 7.06. The molecule has 4 aromatic carbocycles. The van der Waals surface area contributed by atoms with Crippen LogP contribution >= 0.6 is 11.6 Å². The number of halogens is 1. The van der Waals surface area contributed by atoms with Crippen LogP contribution in [0.25, 0.3) is 0 Å². The molecule has 0 aliphatic carbocycles. The summed E-state index contributed by atoms with van der Waals surface area (Å²) in [6, 6.07) is 32.1. The van der Waals surface area contributed by atoms with Crippen LogP contribution in [0.15, 0.2) is 108 Å². The van der Waals surface area contributed by atoms with Crippen molar-refractivity contribution in [2.24, 2.45) is 0 Å². The third-order valence-corrected chi connectivity index (χ3v) is 9.21. The Morgan fingerprint density at radius 3 is 1.90 bits per heavy atom. The summed E-state index contributed by atoms with van der Waals surface area (Å²) in [4.78, 5) is 15.2. The first-order valence-electron chi connectivity index (χ1n) is 12.8. The lowest BCUT2D eigenvalue weighted by Crippen LogP contribution is -2.49. The molecule has 4 aromatic rings. The second-order valence-electron chi connectivity index (χ2n) is 9.60. The van der Waals surface area contributed by atoms with Crippen molar-refractivity contribution in [2.75, 3.05) is 31.5 Å². The van der Waals surface area contributed by atoms with Crippen molar-refractivity contribution in [3.63, 3.8) is 0 Å². The van der Waals surface area contributed by atoms with Gasteiger partial charge in [-0.2, -0.15) is 4.31 Å². The topological polar surface area (TPSA) is 69.7 Å². The molecule has 0 bridgehead atoms. The van der Waals surface area contributed by atoms with Gasteiger partial charge in [0.1, 0.15) is 0 Å². The Hall–Kier alpha value is -3.49. The van der Waals surface area contributed by atoms with Gasteiger partial charge in [-0.15, -0.1) is 0 Å². The van der Waals surface area contributed by atoms with Gasteiger partial charge in [-0.25, -0.2) is 8.42 Å². The lowest BCUT2D eigenvalue weighted by atomic mass is 9.96. The molecule has 200 valence electrons. The fourth-order valence-corrected chi connectivity index (χ4v) is 6.60. The molecule has 1 aliphatic heterocycles. The molecule has 39 heavy (non-hydrogen) atoms. The Morgan fingerprint density at radius 1 is 0.795 bits per heavy atom. The average Bonchev–Trinajstić information content (AvgIpc) is 2.96. The molecule has 1 fully saturated rings. The van der Waals surface area contributed by atoms with Crippen LogP contribution in [-0.2, 0) is 10.0 Å². The second-order valence-corrected chi connectivity index (χ2v) is 12.0. The van der Waals surface area contributed by atoms with E-state index in [1.807, 2.05) is 36.4 Å². The first-order valence-corrected chi connectivity index (χ1v) is 14.7. The fraction of sp³-hybridized carbons (Fsp3) is 0.194. The smallest absolute Gasteiger partial charge is 0.255 e. The number of piperazine rings is 1. The normalized spacial score (nSPS) is 14.8. The maximum atomic E-state index is 13.6. The van der Waals surface area contributed by atoms with Gasteiger partial charge in [0.2, 0.25) is 10.0 Å². The summed E-state index contributed by atoms with van der Waals surface area (Å²) in [5.74, 6) is -0.284. The monoisotopic (exact) mass is 559 g/mol.